The average Bonchev–Trinajstić information content (AvgIpc) is 2.51. The minimum Gasteiger partial charge on any atom is -0.469 e. The molecule has 0 saturated carbocycles. The predicted molar refractivity (Wildman–Crippen MR) is 103 cm³/mol. The van der Waals surface area contributed by atoms with Gasteiger partial charge >= 0.3 is 5.97 Å². The second kappa shape index (κ2) is 9.38. The number of esters is 1. The Hall–Kier alpha value is -1.13. The molecule has 1 aromatic carbocycles. The van der Waals surface area contributed by atoms with Crippen LogP contribution in [0.1, 0.15) is 52.7 Å². The van der Waals surface area contributed by atoms with Crippen LogP contribution in [0, 0.1) is 0 Å². The van der Waals surface area contributed by atoms with Crippen molar-refractivity contribution in [2.75, 3.05) is 13.7 Å². The van der Waals surface area contributed by atoms with Gasteiger partial charge in [0.1, 0.15) is 0 Å². The van der Waals surface area contributed by atoms with Crippen LogP contribution in [0.2, 0.25) is 16.6 Å². The molecule has 0 fully saturated rings. The Morgan fingerprint density at radius 1 is 0.917 bits per heavy atom. The predicted octanol–water partition coefficient (Wildman–Crippen LogP) is 5.14. The largest absolute Gasteiger partial charge is 0.469 e. The molecule has 136 valence electrons. The first-order valence-corrected chi connectivity index (χ1v) is 11.2. The number of methoxy groups -OCH3 is 1. The molecule has 24 heavy (non-hydrogen) atoms. The van der Waals surface area contributed by atoms with Crippen molar-refractivity contribution in [3.05, 3.63) is 35.4 Å². The van der Waals surface area contributed by atoms with Crippen molar-refractivity contribution in [3.8, 4) is 0 Å². The van der Waals surface area contributed by atoms with Crippen molar-refractivity contribution in [1.82, 2.24) is 0 Å². The summed E-state index contributed by atoms with van der Waals surface area (Å²) in [5.41, 5.74) is 4.07. The number of carbonyl (C=O) groups excluding carboxylic acids is 1. The molecule has 3 nitrogen and oxygen atoms in total. The zero-order chi connectivity index (χ0) is 18.3. The average molecular weight is 351 g/mol. The summed E-state index contributed by atoms with van der Waals surface area (Å²) in [7, 11) is -0.361. The smallest absolute Gasteiger partial charge is 0.309 e. The zero-order valence-corrected chi connectivity index (χ0v) is 17.4. The topological polar surface area (TPSA) is 35.5 Å². The molecule has 0 atom stereocenters. The molecule has 0 aliphatic rings. The fraction of sp³-hybridized carbons (Fsp3) is 0.650. The normalized spacial score (nSPS) is 12.2. The van der Waals surface area contributed by atoms with E-state index in [0.717, 1.165) is 18.6 Å². The van der Waals surface area contributed by atoms with E-state index in [-0.39, 0.29) is 5.97 Å². The molecule has 0 aliphatic heterocycles. The number of ether oxygens (including phenoxy) is 1. The van der Waals surface area contributed by atoms with E-state index >= 15 is 0 Å². The van der Waals surface area contributed by atoms with Crippen LogP contribution in [0.4, 0.5) is 0 Å². The molecule has 0 bridgehead atoms. The zero-order valence-electron chi connectivity index (χ0n) is 16.4. The van der Waals surface area contributed by atoms with Crippen LogP contribution in [0.15, 0.2) is 24.3 Å². The molecule has 0 spiro atoms. The van der Waals surface area contributed by atoms with E-state index in [1.807, 2.05) is 12.1 Å². The lowest BCUT2D eigenvalue weighted by Crippen LogP contribution is -2.48. The third-order valence-electron chi connectivity index (χ3n) is 5.05. The van der Waals surface area contributed by atoms with Gasteiger partial charge in [-0.05, 0) is 34.2 Å². The van der Waals surface area contributed by atoms with Gasteiger partial charge in [-0.25, -0.2) is 0 Å². The van der Waals surface area contributed by atoms with E-state index in [9.17, 15) is 4.79 Å². The van der Waals surface area contributed by atoms with Gasteiger partial charge in [0.25, 0.3) is 0 Å². The number of hydrogen-bond donors (Lipinski definition) is 0. The highest BCUT2D eigenvalue weighted by molar-refractivity contribution is 6.77. The first-order valence-electron chi connectivity index (χ1n) is 9.02. The molecule has 1 rings (SSSR count). The Morgan fingerprint density at radius 2 is 1.38 bits per heavy atom. The minimum atomic E-state index is -1.78. The summed E-state index contributed by atoms with van der Waals surface area (Å²) in [6, 6.07) is 8.19. The Morgan fingerprint density at radius 3 is 1.79 bits per heavy atom. The molecule has 4 heteroatoms. The lowest BCUT2D eigenvalue weighted by molar-refractivity contribution is -0.139. The maximum Gasteiger partial charge on any atom is 0.309 e. The fourth-order valence-corrected chi connectivity index (χ4v) is 9.36. The van der Waals surface area contributed by atoms with Crippen LogP contribution in [0.3, 0.4) is 0 Å². The van der Waals surface area contributed by atoms with Crippen molar-refractivity contribution < 1.29 is 14.0 Å². The minimum absolute atomic E-state index is 0.201. The van der Waals surface area contributed by atoms with E-state index in [4.69, 9.17) is 9.16 Å². The maximum atomic E-state index is 11.3. The summed E-state index contributed by atoms with van der Waals surface area (Å²) in [6.45, 7) is 14.7. The number of rotatable bonds is 9. The van der Waals surface area contributed by atoms with E-state index < -0.39 is 8.32 Å². The number of carbonyl (C=O) groups is 1. The molecule has 0 aromatic heterocycles. The summed E-state index contributed by atoms with van der Waals surface area (Å²) < 4.78 is 11.3. The molecular weight excluding hydrogens is 316 g/mol. The summed E-state index contributed by atoms with van der Waals surface area (Å²) in [4.78, 5) is 11.3. The molecule has 0 N–H and O–H groups in total. The van der Waals surface area contributed by atoms with Crippen molar-refractivity contribution in [3.63, 3.8) is 0 Å². The summed E-state index contributed by atoms with van der Waals surface area (Å²) >= 11 is 0. The first kappa shape index (κ1) is 20.9. The highest BCUT2D eigenvalue weighted by Gasteiger charge is 2.44. The standard InChI is InChI=1S/C20H34O3Si/c1-15(2)24(16(3)4,17(5)6)23-13-12-18-8-10-19(11-9-18)14-20(21)22-7/h8-11,15-17H,12-14H2,1-7H3. The SMILES string of the molecule is COC(=O)Cc1ccc(CCO[Si](C(C)C)(C(C)C)C(C)C)cc1. The van der Waals surface area contributed by atoms with Gasteiger partial charge in [-0.3, -0.25) is 4.79 Å². The first-order chi connectivity index (χ1) is 11.2. The van der Waals surface area contributed by atoms with Crippen molar-refractivity contribution in [1.29, 1.82) is 0 Å². The second-order valence-corrected chi connectivity index (χ2v) is 12.9. The van der Waals surface area contributed by atoms with Crippen LogP contribution in [-0.4, -0.2) is 28.0 Å². The molecular formula is C20H34O3Si. The summed E-state index contributed by atoms with van der Waals surface area (Å²) in [6.07, 6.45) is 1.25. The molecule has 1 aromatic rings. The van der Waals surface area contributed by atoms with Crippen LogP contribution >= 0.6 is 0 Å². The van der Waals surface area contributed by atoms with E-state index in [1.54, 1.807) is 0 Å². The molecule has 0 saturated heterocycles. The summed E-state index contributed by atoms with van der Waals surface area (Å²) in [5.74, 6) is -0.201. The van der Waals surface area contributed by atoms with Gasteiger partial charge in [0.2, 0.25) is 0 Å². The van der Waals surface area contributed by atoms with Crippen LogP contribution < -0.4 is 0 Å². The number of benzene rings is 1. The van der Waals surface area contributed by atoms with Crippen molar-refractivity contribution in [2.24, 2.45) is 0 Å². The lowest BCUT2D eigenvalue weighted by atomic mass is 10.1. The lowest BCUT2D eigenvalue weighted by Gasteiger charge is -2.42. The molecule has 0 amide bonds. The molecule has 0 heterocycles. The third-order valence-corrected chi connectivity index (χ3v) is 11.2. The van der Waals surface area contributed by atoms with Gasteiger partial charge in [-0.15, -0.1) is 0 Å². The Balaban J connectivity index is 2.66. The molecule has 0 aliphatic carbocycles. The quantitative estimate of drug-likeness (QED) is 0.457. The van der Waals surface area contributed by atoms with Crippen LogP contribution in [0.5, 0.6) is 0 Å². The van der Waals surface area contributed by atoms with E-state index in [2.05, 4.69) is 53.7 Å². The van der Waals surface area contributed by atoms with E-state index in [1.165, 1.54) is 12.7 Å². The van der Waals surface area contributed by atoms with Crippen molar-refractivity contribution in [2.45, 2.75) is 71.0 Å². The van der Waals surface area contributed by atoms with Gasteiger partial charge < -0.3 is 9.16 Å². The Bertz CT molecular complexity index is 484. The van der Waals surface area contributed by atoms with Crippen LogP contribution in [-0.2, 0) is 26.8 Å². The molecule has 0 unspecified atom stereocenters. The van der Waals surface area contributed by atoms with Gasteiger partial charge in [-0.1, -0.05) is 65.8 Å². The van der Waals surface area contributed by atoms with Gasteiger partial charge in [0.15, 0.2) is 8.32 Å². The maximum absolute atomic E-state index is 11.3. The van der Waals surface area contributed by atoms with Crippen molar-refractivity contribution >= 4 is 14.3 Å². The van der Waals surface area contributed by atoms with Gasteiger partial charge in [0, 0.05) is 6.61 Å². The monoisotopic (exact) mass is 350 g/mol. The fourth-order valence-electron chi connectivity index (χ4n) is 3.91. The molecule has 0 radical (unpaired) electrons. The van der Waals surface area contributed by atoms with Gasteiger partial charge in [-0.2, -0.15) is 0 Å². The Labute approximate surface area is 148 Å². The van der Waals surface area contributed by atoms with Gasteiger partial charge in [0.05, 0.1) is 13.5 Å². The highest BCUT2D eigenvalue weighted by Crippen LogP contribution is 2.42. The second-order valence-electron chi connectivity index (χ2n) is 7.49. The van der Waals surface area contributed by atoms with E-state index in [0.29, 0.717) is 23.0 Å². The number of hydrogen-bond acceptors (Lipinski definition) is 3. The highest BCUT2D eigenvalue weighted by atomic mass is 28.4. The third kappa shape index (κ3) is 5.18. The Kier molecular flexibility index (Phi) is 8.17. The summed E-state index contributed by atoms with van der Waals surface area (Å²) in [5, 5.41) is 0. The van der Waals surface area contributed by atoms with Crippen LogP contribution in [0.25, 0.3) is 0 Å².